The largest absolute Gasteiger partial charge is 0.435 e. The number of rotatable bonds is 2. The van der Waals surface area contributed by atoms with Crippen molar-refractivity contribution in [1.82, 2.24) is 0 Å². The van der Waals surface area contributed by atoms with Gasteiger partial charge in [-0.3, -0.25) is 4.79 Å². The van der Waals surface area contributed by atoms with Gasteiger partial charge in [0, 0.05) is 12.5 Å². The minimum absolute atomic E-state index is 0.0402. The Bertz CT molecular complexity index is 251. The van der Waals surface area contributed by atoms with Crippen molar-refractivity contribution in [2.75, 3.05) is 6.61 Å². The summed E-state index contributed by atoms with van der Waals surface area (Å²) < 4.78 is 10.8. The third-order valence-corrected chi connectivity index (χ3v) is 3.97. The van der Waals surface area contributed by atoms with E-state index in [0.29, 0.717) is 24.4 Å². The number of cyclic esters (lactones) is 1. The van der Waals surface area contributed by atoms with Crippen LogP contribution in [-0.2, 0) is 14.3 Å². The van der Waals surface area contributed by atoms with E-state index in [-0.39, 0.29) is 18.2 Å². The number of hydrogen-bond donors (Lipinski definition) is 0. The molecule has 1 saturated heterocycles. The number of carbonyl (C=O) groups is 1. The highest BCUT2D eigenvalue weighted by atomic mass is 16.7. The van der Waals surface area contributed by atoms with Crippen molar-refractivity contribution in [3.8, 4) is 0 Å². The first kappa shape index (κ1) is 10.9. The second-order valence-corrected chi connectivity index (χ2v) is 4.86. The summed E-state index contributed by atoms with van der Waals surface area (Å²) in [7, 11) is 0. The van der Waals surface area contributed by atoms with E-state index in [1.165, 1.54) is 0 Å². The Morgan fingerprint density at radius 1 is 1.40 bits per heavy atom. The lowest BCUT2D eigenvalue weighted by Crippen LogP contribution is -2.44. The highest BCUT2D eigenvalue weighted by Crippen LogP contribution is 2.46. The van der Waals surface area contributed by atoms with Crippen LogP contribution in [0.15, 0.2) is 0 Å². The Kier molecular flexibility index (Phi) is 3.01. The number of carbonyl (C=O) groups excluding carboxylic acids is 1. The first-order valence-corrected chi connectivity index (χ1v) is 5.97. The molecule has 0 aromatic carbocycles. The molecule has 1 saturated carbocycles. The summed E-state index contributed by atoms with van der Waals surface area (Å²) in [6.07, 6.45) is 1.98. The molecular weight excluding hydrogens is 192 g/mol. The van der Waals surface area contributed by atoms with Crippen LogP contribution in [0.5, 0.6) is 0 Å². The summed E-state index contributed by atoms with van der Waals surface area (Å²) in [4.78, 5) is 11.8. The van der Waals surface area contributed by atoms with Crippen LogP contribution in [-0.4, -0.2) is 18.9 Å². The summed E-state index contributed by atoms with van der Waals surface area (Å²) in [5.74, 6) is 1.38. The van der Waals surface area contributed by atoms with Crippen LogP contribution >= 0.6 is 0 Å². The molecule has 0 N–H and O–H groups in total. The Morgan fingerprint density at radius 3 is 2.80 bits per heavy atom. The topological polar surface area (TPSA) is 35.5 Å². The molecule has 86 valence electrons. The zero-order valence-corrected chi connectivity index (χ0v) is 9.73. The fourth-order valence-corrected chi connectivity index (χ4v) is 3.09. The van der Waals surface area contributed by atoms with Gasteiger partial charge in [0.1, 0.15) is 0 Å². The van der Waals surface area contributed by atoms with Gasteiger partial charge in [-0.2, -0.15) is 0 Å². The summed E-state index contributed by atoms with van der Waals surface area (Å²) >= 11 is 0. The van der Waals surface area contributed by atoms with Crippen molar-refractivity contribution < 1.29 is 14.3 Å². The van der Waals surface area contributed by atoms with Crippen LogP contribution in [0.25, 0.3) is 0 Å². The average Bonchev–Trinajstić information content (AvgIpc) is 2.57. The average molecular weight is 212 g/mol. The molecule has 15 heavy (non-hydrogen) atoms. The van der Waals surface area contributed by atoms with Gasteiger partial charge in [-0.05, 0) is 31.6 Å². The molecule has 1 aliphatic carbocycles. The van der Waals surface area contributed by atoms with Gasteiger partial charge < -0.3 is 9.47 Å². The molecule has 2 fully saturated rings. The van der Waals surface area contributed by atoms with E-state index < -0.39 is 0 Å². The van der Waals surface area contributed by atoms with Crippen molar-refractivity contribution in [3.05, 3.63) is 0 Å². The van der Waals surface area contributed by atoms with E-state index in [0.717, 1.165) is 12.8 Å². The maximum absolute atomic E-state index is 11.8. The summed E-state index contributed by atoms with van der Waals surface area (Å²) in [6.45, 7) is 6.83. The molecule has 0 unspecified atom stereocenters. The van der Waals surface area contributed by atoms with E-state index in [4.69, 9.17) is 9.47 Å². The van der Waals surface area contributed by atoms with Crippen LogP contribution in [0.3, 0.4) is 0 Å². The molecule has 1 aliphatic heterocycles. The molecule has 0 aromatic heterocycles. The molecule has 1 heterocycles. The Balaban J connectivity index is 2.12. The van der Waals surface area contributed by atoms with Gasteiger partial charge in [0.2, 0.25) is 6.29 Å². The summed E-state index contributed by atoms with van der Waals surface area (Å²) in [5.41, 5.74) is 0. The molecule has 0 bridgehead atoms. The van der Waals surface area contributed by atoms with Crippen LogP contribution in [0.4, 0.5) is 0 Å². The zero-order valence-electron chi connectivity index (χ0n) is 9.73. The highest BCUT2D eigenvalue weighted by molar-refractivity contribution is 5.74. The Hall–Kier alpha value is -0.570. The lowest BCUT2D eigenvalue weighted by molar-refractivity contribution is -0.218. The molecule has 0 aromatic rings. The van der Waals surface area contributed by atoms with Gasteiger partial charge in [0.05, 0.1) is 5.92 Å². The van der Waals surface area contributed by atoms with Gasteiger partial charge >= 0.3 is 5.97 Å². The van der Waals surface area contributed by atoms with Gasteiger partial charge in [-0.1, -0.05) is 13.8 Å². The van der Waals surface area contributed by atoms with Crippen molar-refractivity contribution in [2.24, 2.45) is 23.7 Å². The molecule has 0 spiro atoms. The molecule has 2 aliphatic rings. The molecular formula is C12H20O3. The maximum Gasteiger partial charge on any atom is 0.311 e. The quantitative estimate of drug-likeness (QED) is 0.658. The van der Waals surface area contributed by atoms with Gasteiger partial charge in [0.25, 0.3) is 0 Å². The smallest absolute Gasteiger partial charge is 0.311 e. The van der Waals surface area contributed by atoms with E-state index in [1.54, 1.807) is 0 Å². The third kappa shape index (κ3) is 1.78. The number of fused-ring (bicyclic) bond motifs is 1. The normalized spacial score (nSPS) is 45.0. The summed E-state index contributed by atoms with van der Waals surface area (Å²) in [6, 6.07) is 0. The van der Waals surface area contributed by atoms with Gasteiger partial charge in [0.15, 0.2) is 0 Å². The fourth-order valence-electron chi connectivity index (χ4n) is 3.09. The molecule has 2 rings (SSSR count). The standard InChI is InChI=1S/C12H20O3/c1-4-14-12-8(3)9-6-5-7(2)10(9)11(13)15-12/h7-10,12H,4-6H2,1-3H3/t7-,8+,9-,10-,12-/m1/s1. The molecule has 3 nitrogen and oxygen atoms in total. The highest BCUT2D eigenvalue weighted by Gasteiger charge is 2.49. The van der Waals surface area contributed by atoms with Gasteiger partial charge in [-0.15, -0.1) is 0 Å². The van der Waals surface area contributed by atoms with Crippen LogP contribution < -0.4 is 0 Å². The van der Waals surface area contributed by atoms with Crippen molar-refractivity contribution in [1.29, 1.82) is 0 Å². The van der Waals surface area contributed by atoms with E-state index >= 15 is 0 Å². The molecule has 3 heteroatoms. The van der Waals surface area contributed by atoms with Crippen LogP contribution in [0.2, 0.25) is 0 Å². The maximum atomic E-state index is 11.8. The lowest BCUT2D eigenvalue weighted by atomic mass is 9.80. The Morgan fingerprint density at radius 2 is 2.13 bits per heavy atom. The zero-order chi connectivity index (χ0) is 11.0. The summed E-state index contributed by atoms with van der Waals surface area (Å²) in [5, 5.41) is 0. The third-order valence-electron chi connectivity index (χ3n) is 3.97. The molecule has 5 atom stereocenters. The first-order valence-electron chi connectivity index (χ1n) is 5.97. The lowest BCUT2D eigenvalue weighted by Gasteiger charge is -2.37. The minimum Gasteiger partial charge on any atom is -0.435 e. The number of ether oxygens (including phenoxy) is 2. The van der Waals surface area contributed by atoms with Crippen LogP contribution in [0.1, 0.15) is 33.6 Å². The van der Waals surface area contributed by atoms with Crippen molar-refractivity contribution in [2.45, 2.75) is 39.9 Å². The molecule has 0 amide bonds. The fraction of sp³-hybridized carbons (Fsp3) is 0.917. The Labute approximate surface area is 91.1 Å². The van der Waals surface area contributed by atoms with E-state index in [1.807, 2.05) is 6.92 Å². The van der Waals surface area contributed by atoms with Gasteiger partial charge in [-0.25, -0.2) is 0 Å². The number of esters is 1. The van der Waals surface area contributed by atoms with Crippen LogP contribution in [0, 0.1) is 23.7 Å². The minimum atomic E-state index is -0.311. The SMILES string of the molecule is CCO[C@@H]1OC(=O)[C@H]2[C@H](CC[C@H]2C)[C@@H]1C. The molecule has 0 radical (unpaired) electrons. The van der Waals surface area contributed by atoms with Crippen molar-refractivity contribution >= 4 is 5.97 Å². The first-order chi connectivity index (χ1) is 7.15. The number of hydrogen-bond acceptors (Lipinski definition) is 3. The second kappa shape index (κ2) is 4.12. The van der Waals surface area contributed by atoms with E-state index in [2.05, 4.69) is 13.8 Å². The predicted molar refractivity (Wildman–Crippen MR) is 56.0 cm³/mol. The predicted octanol–water partition coefficient (Wildman–Crippen LogP) is 2.20. The monoisotopic (exact) mass is 212 g/mol. The second-order valence-electron chi connectivity index (χ2n) is 4.86. The van der Waals surface area contributed by atoms with E-state index in [9.17, 15) is 4.79 Å². The van der Waals surface area contributed by atoms with Crippen molar-refractivity contribution in [3.63, 3.8) is 0 Å².